The van der Waals surface area contributed by atoms with Gasteiger partial charge in [0, 0.05) is 0 Å². The molecule has 2 nitrogen and oxygen atoms in total. The third-order valence-corrected chi connectivity index (χ3v) is 3.30. The Balaban J connectivity index is 2.81. The van der Waals surface area contributed by atoms with Gasteiger partial charge in [0.15, 0.2) is 0 Å². The molecule has 1 aromatic rings. The highest BCUT2D eigenvalue weighted by Crippen LogP contribution is 2.35. The summed E-state index contributed by atoms with van der Waals surface area (Å²) in [6.07, 6.45) is 0.585. The van der Waals surface area contributed by atoms with Gasteiger partial charge in [0.2, 0.25) is 0 Å². The lowest BCUT2D eigenvalue weighted by molar-refractivity contribution is 0.116. The molecular formula is C10H16O2S. The van der Waals surface area contributed by atoms with Crippen LogP contribution in [0.3, 0.4) is 0 Å². The van der Waals surface area contributed by atoms with Crippen molar-refractivity contribution in [1.29, 1.82) is 0 Å². The molecule has 1 aromatic heterocycles. The molecule has 1 N–H and O–H groups in total. The van der Waals surface area contributed by atoms with E-state index in [2.05, 4.69) is 6.92 Å². The van der Waals surface area contributed by atoms with Gasteiger partial charge in [-0.05, 0) is 17.4 Å². The molecule has 0 amide bonds. The summed E-state index contributed by atoms with van der Waals surface area (Å²) in [4.78, 5) is 0.942. The summed E-state index contributed by atoms with van der Waals surface area (Å²) in [6.45, 7) is 4.12. The molecule has 0 aliphatic heterocycles. The van der Waals surface area contributed by atoms with E-state index in [0.29, 0.717) is 0 Å². The van der Waals surface area contributed by atoms with E-state index in [1.807, 2.05) is 18.4 Å². The van der Waals surface area contributed by atoms with Crippen molar-refractivity contribution in [1.82, 2.24) is 0 Å². The van der Waals surface area contributed by atoms with Crippen molar-refractivity contribution in [3.63, 3.8) is 0 Å². The van der Waals surface area contributed by atoms with E-state index in [4.69, 9.17) is 4.74 Å². The van der Waals surface area contributed by atoms with Gasteiger partial charge in [-0.3, -0.25) is 0 Å². The average molecular weight is 200 g/mol. The summed E-state index contributed by atoms with van der Waals surface area (Å²) < 4.78 is 5.15. The van der Waals surface area contributed by atoms with E-state index >= 15 is 0 Å². The lowest BCUT2D eigenvalue weighted by Gasteiger charge is -2.16. The molecule has 13 heavy (non-hydrogen) atoms. The van der Waals surface area contributed by atoms with Crippen LogP contribution < -0.4 is 4.74 Å². The van der Waals surface area contributed by atoms with Gasteiger partial charge >= 0.3 is 0 Å². The minimum absolute atomic E-state index is 0.285. The van der Waals surface area contributed by atoms with Gasteiger partial charge in [-0.25, -0.2) is 0 Å². The minimum Gasteiger partial charge on any atom is -0.495 e. The second-order valence-electron chi connectivity index (χ2n) is 3.18. The van der Waals surface area contributed by atoms with E-state index in [1.54, 1.807) is 18.4 Å². The molecular weight excluding hydrogens is 184 g/mol. The molecule has 0 spiro atoms. The third-order valence-electron chi connectivity index (χ3n) is 2.33. The summed E-state index contributed by atoms with van der Waals surface area (Å²) in [5.41, 5.74) is 0. The summed E-state index contributed by atoms with van der Waals surface area (Å²) in [7, 11) is 1.63. The van der Waals surface area contributed by atoms with E-state index in [0.717, 1.165) is 17.0 Å². The molecule has 74 valence electrons. The van der Waals surface area contributed by atoms with E-state index < -0.39 is 0 Å². The zero-order valence-corrected chi connectivity index (χ0v) is 9.10. The number of hydrogen-bond donors (Lipinski definition) is 1. The quantitative estimate of drug-likeness (QED) is 0.809. The first kappa shape index (κ1) is 10.5. The molecule has 3 heteroatoms. The van der Waals surface area contributed by atoms with Crippen molar-refractivity contribution in [2.75, 3.05) is 7.11 Å². The van der Waals surface area contributed by atoms with Crippen LogP contribution in [0.25, 0.3) is 0 Å². The van der Waals surface area contributed by atoms with E-state index in [9.17, 15) is 5.11 Å². The lowest BCUT2D eigenvalue weighted by atomic mass is 10.0. The van der Waals surface area contributed by atoms with Crippen LogP contribution >= 0.6 is 11.3 Å². The SMILES string of the molecule is CCC(C)C(O)c1sccc1OC. The van der Waals surface area contributed by atoms with Gasteiger partial charge in [0.1, 0.15) is 5.75 Å². The molecule has 0 saturated carbocycles. The minimum atomic E-state index is -0.389. The highest BCUT2D eigenvalue weighted by molar-refractivity contribution is 7.10. The Labute approximate surface area is 83.2 Å². The van der Waals surface area contributed by atoms with Crippen molar-refractivity contribution < 1.29 is 9.84 Å². The standard InChI is InChI=1S/C10H16O2S/c1-4-7(2)9(11)10-8(12-3)5-6-13-10/h5-7,9,11H,4H2,1-3H3. The molecule has 0 aliphatic carbocycles. The smallest absolute Gasteiger partial charge is 0.135 e. The predicted molar refractivity (Wildman–Crippen MR) is 55.3 cm³/mol. The average Bonchev–Trinajstić information content (AvgIpc) is 2.62. The highest BCUT2D eigenvalue weighted by Gasteiger charge is 2.19. The van der Waals surface area contributed by atoms with Gasteiger partial charge in [-0.2, -0.15) is 0 Å². The van der Waals surface area contributed by atoms with Crippen molar-refractivity contribution in [3.05, 3.63) is 16.3 Å². The number of rotatable bonds is 4. The van der Waals surface area contributed by atoms with Gasteiger partial charge in [0.05, 0.1) is 18.1 Å². The van der Waals surface area contributed by atoms with Gasteiger partial charge < -0.3 is 9.84 Å². The zero-order chi connectivity index (χ0) is 9.84. The normalized spacial score (nSPS) is 15.4. The van der Waals surface area contributed by atoms with Crippen LogP contribution in [0.2, 0.25) is 0 Å². The van der Waals surface area contributed by atoms with Gasteiger partial charge in [-0.15, -0.1) is 11.3 Å². The number of hydrogen-bond acceptors (Lipinski definition) is 3. The fraction of sp³-hybridized carbons (Fsp3) is 0.600. The molecule has 1 heterocycles. The molecule has 0 aromatic carbocycles. The molecule has 0 saturated heterocycles. The zero-order valence-electron chi connectivity index (χ0n) is 8.28. The van der Waals surface area contributed by atoms with Crippen LogP contribution in [0.1, 0.15) is 31.2 Å². The first-order chi connectivity index (χ1) is 6.20. The predicted octanol–water partition coefficient (Wildman–Crippen LogP) is 2.84. The van der Waals surface area contributed by atoms with Crippen molar-refractivity contribution in [3.8, 4) is 5.75 Å². The van der Waals surface area contributed by atoms with Crippen LogP contribution in [0.15, 0.2) is 11.4 Å². The van der Waals surface area contributed by atoms with Gasteiger partial charge in [-0.1, -0.05) is 20.3 Å². The maximum absolute atomic E-state index is 9.92. The van der Waals surface area contributed by atoms with E-state index in [-0.39, 0.29) is 12.0 Å². The molecule has 0 aliphatic rings. The fourth-order valence-corrected chi connectivity index (χ4v) is 2.15. The molecule has 2 atom stereocenters. The van der Waals surface area contributed by atoms with Crippen molar-refractivity contribution >= 4 is 11.3 Å². The topological polar surface area (TPSA) is 29.5 Å². The summed E-state index contributed by atoms with van der Waals surface area (Å²) >= 11 is 1.55. The first-order valence-electron chi connectivity index (χ1n) is 4.50. The van der Waals surface area contributed by atoms with Crippen molar-refractivity contribution in [2.45, 2.75) is 26.4 Å². The summed E-state index contributed by atoms with van der Waals surface area (Å²) in [5.74, 6) is 1.09. The van der Waals surface area contributed by atoms with Crippen LogP contribution in [0.4, 0.5) is 0 Å². The van der Waals surface area contributed by atoms with Gasteiger partial charge in [0.25, 0.3) is 0 Å². The fourth-order valence-electron chi connectivity index (χ4n) is 1.18. The number of aliphatic hydroxyl groups excluding tert-OH is 1. The molecule has 0 radical (unpaired) electrons. The molecule has 0 fully saturated rings. The van der Waals surface area contributed by atoms with Crippen LogP contribution in [-0.2, 0) is 0 Å². The molecule has 0 bridgehead atoms. The number of methoxy groups -OCH3 is 1. The lowest BCUT2D eigenvalue weighted by Crippen LogP contribution is -2.07. The molecule has 1 rings (SSSR count). The number of ether oxygens (including phenoxy) is 1. The van der Waals surface area contributed by atoms with Crippen molar-refractivity contribution in [2.24, 2.45) is 5.92 Å². The third kappa shape index (κ3) is 2.23. The second kappa shape index (κ2) is 4.63. The molecule has 2 unspecified atom stereocenters. The maximum Gasteiger partial charge on any atom is 0.135 e. The van der Waals surface area contributed by atoms with Crippen LogP contribution in [0, 0.1) is 5.92 Å². The van der Waals surface area contributed by atoms with E-state index in [1.165, 1.54) is 0 Å². The number of thiophene rings is 1. The Kier molecular flexibility index (Phi) is 3.75. The van der Waals surface area contributed by atoms with Crippen LogP contribution in [0.5, 0.6) is 5.75 Å². The number of aliphatic hydroxyl groups is 1. The Morgan fingerprint density at radius 1 is 1.62 bits per heavy atom. The highest BCUT2D eigenvalue weighted by atomic mass is 32.1. The largest absolute Gasteiger partial charge is 0.495 e. The Bertz CT molecular complexity index is 257. The Hall–Kier alpha value is -0.540. The Morgan fingerprint density at radius 2 is 2.31 bits per heavy atom. The monoisotopic (exact) mass is 200 g/mol. The Morgan fingerprint density at radius 3 is 2.85 bits per heavy atom. The summed E-state index contributed by atoms with van der Waals surface area (Å²) in [6, 6.07) is 1.89. The maximum atomic E-state index is 9.92. The first-order valence-corrected chi connectivity index (χ1v) is 5.38. The summed E-state index contributed by atoms with van der Waals surface area (Å²) in [5, 5.41) is 11.9. The van der Waals surface area contributed by atoms with Crippen LogP contribution in [-0.4, -0.2) is 12.2 Å². The second-order valence-corrected chi connectivity index (χ2v) is 4.13.